The van der Waals surface area contributed by atoms with E-state index in [2.05, 4.69) is 39.5 Å². The van der Waals surface area contributed by atoms with Crippen LogP contribution in [0.25, 0.3) is 10.1 Å². The molecule has 0 saturated heterocycles. The molecule has 3 nitrogen and oxygen atoms in total. The first kappa shape index (κ1) is 15.0. The maximum Gasteiger partial charge on any atom is 0.178 e. The van der Waals surface area contributed by atoms with Crippen LogP contribution in [0, 0.1) is 13.8 Å². The van der Waals surface area contributed by atoms with E-state index in [-0.39, 0.29) is 5.78 Å². The summed E-state index contributed by atoms with van der Waals surface area (Å²) in [6.45, 7) is 5.15. The van der Waals surface area contributed by atoms with Gasteiger partial charge in [-0.3, -0.25) is 9.69 Å². The summed E-state index contributed by atoms with van der Waals surface area (Å²) in [5, 5.41) is 3.48. The van der Waals surface area contributed by atoms with Crippen molar-refractivity contribution in [3.63, 3.8) is 0 Å². The number of Topliss-reactive ketones (excluding diaryl/α,β-unsaturated/α-hetero) is 1. The summed E-state index contributed by atoms with van der Waals surface area (Å²) >= 11 is 1.76. The summed E-state index contributed by atoms with van der Waals surface area (Å²) < 4.78 is 1.30. The van der Waals surface area contributed by atoms with Crippen LogP contribution in [-0.2, 0) is 6.54 Å². The number of H-pyrrole nitrogens is 1. The first-order valence-electron chi connectivity index (χ1n) is 7.37. The Morgan fingerprint density at radius 1 is 1.27 bits per heavy atom. The van der Waals surface area contributed by atoms with E-state index >= 15 is 0 Å². The van der Waals surface area contributed by atoms with Gasteiger partial charge in [-0.25, -0.2) is 0 Å². The Bertz CT molecular complexity index is 815. The minimum Gasteiger partial charge on any atom is -0.362 e. The molecule has 0 saturated carbocycles. The highest BCUT2D eigenvalue weighted by molar-refractivity contribution is 7.17. The number of carbonyl (C=O) groups excluding carboxylic acids is 1. The predicted molar refractivity (Wildman–Crippen MR) is 92.8 cm³/mol. The van der Waals surface area contributed by atoms with Gasteiger partial charge in [0.15, 0.2) is 5.78 Å². The molecule has 0 amide bonds. The van der Waals surface area contributed by atoms with Gasteiger partial charge in [0.1, 0.15) is 0 Å². The average molecular weight is 312 g/mol. The fourth-order valence-corrected chi connectivity index (χ4v) is 3.80. The number of thiophene rings is 1. The minimum absolute atomic E-state index is 0.170. The fourth-order valence-electron chi connectivity index (χ4n) is 2.85. The van der Waals surface area contributed by atoms with Crippen LogP contribution in [0.5, 0.6) is 0 Å². The Hall–Kier alpha value is -1.91. The minimum atomic E-state index is 0.170. The normalized spacial score (nSPS) is 11.5. The Morgan fingerprint density at radius 3 is 2.77 bits per heavy atom. The zero-order valence-electron chi connectivity index (χ0n) is 13.1. The maximum atomic E-state index is 12.4. The van der Waals surface area contributed by atoms with Gasteiger partial charge >= 0.3 is 0 Å². The van der Waals surface area contributed by atoms with Gasteiger partial charge in [-0.2, -0.15) is 0 Å². The Balaban J connectivity index is 1.71. The SMILES string of the molecule is Cc1cc(C(=O)CN(C)Cc2csc3ccccc23)c(C)[nH]1. The van der Waals surface area contributed by atoms with Crippen molar-refractivity contribution in [1.82, 2.24) is 9.88 Å². The molecule has 0 aliphatic rings. The van der Waals surface area contributed by atoms with Crippen LogP contribution in [0.1, 0.15) is 27.3 Å². The van der Waals surface area contributed by atoms with Gasteiger partial charge in [0.2, 0.25) is 0 Å². The van der Waals surface area contributed by atoms with Gasteiger partial charge in [-0.15, -0.1) is 11.3 Å². The van der Waals surface area contributed by atoms with E-state index in [1.54, 1.807) is 11.3 Å². The molecule has 3 aromatic rings. The molecule has 1 N–H and O–H groups in total. The van der Waals surface area contributed by atoms with Gasteiger partial charge in [0.05, 0.1) is 6.54 Å². The first-order chi connectivity index (χ1) is 10.5. The number of fused-ring (bicyclic) bond motifs is 1. The Morgan fingerprint density at radius 2 is 2.05 bits per heavy atom. The number of aromatic amines is 1. The van der Waals surface area contributed by atoms with Crippen LogP contribution in [0.15, 0.2) is 35.7 Å². The first-order valence-corrected chi connectivity index (χ1v) is 8.25. The molecule has 0 unspecified atom stereocenters. The second kappa shape index (κ2) is 6.07. The number of carbonyl (C=O) groups is 1. The van der Waals surface area contributed by atoms with Gasteiger partial charge in [-0.1, -0.05) is 18.2 Å². The largest absolute Gasteiger partial charge is 0.362 e. The highest BCUT2D eigenvalue weighted by Crippen LogP contribution is 2.26. The molecule has 0 atom stereocenters. The van der Waals surface area contributed by atoms with Crippen molar-refractivity contribution in [2.24, 2.45) is 0 Å². The molecule has 2 aromatic heterocycles. The van der Waals surface area contributed by atoms with E-state index in [0.717, 1.165) is 23.5 Å². The van der Waals surface area contributed by atoms with Crippen molar-refractivity contribution in [3.8, 4) is 0 Å². The average Bonchev–Trinajstić information content (AvgIpc) is 3.02. The maximum absolute atomic E-state index is 12.4. The van der Waals surface area contributed by atoms with E-state index in [1.807, 2.05) is 27.0 Å². The number of ketones is 1. The Kier molecular flexibility index (Phi) is 4.14. The Labute approximate surface area is 134 Å². The van der Waals surface area contributed by atoms with Crippen LogP contribution in [0.3, 0.4) is 0 Å². The lowest BCUT2D eigenvalue weighted by molar-refractivity contribution is 0.0943. The number of benzene rings is 1. The van der Waals surface area contributed by atoms with Gasteiger partial charge in [-0.05, 0) is 49.4 Å². The standard InChI is InChI=1S/C18H20N2OS/c1-12-8-16(13(2)19-12)17(21)10-20(3)9-14-11-22-18-7-5-4-6-15(14)18/h4-8,11,19H,9-10H2,1-3H3. The summed E-state index contributed by atoms with van der Waals surface area (Å²) in [6, 6.07) is 10.4. The molecular formula is C18H20N2OS. The van der Waals surface area contributed by atoms with E-state index in [0.29, 0.717) is 6.54 Å². The molecule has 2 heterocycles. The summed E-state index contributed by atoms with van der Waals surface area (Å²) in [7, 11) is 2.00. The lowest BCUT2D eigenvalue weighted by Gasteiger charge is -2.15. The summed E-state index contributed by atoms with van der Waals surface area (Å²) in [6.07, 6.45) is 0. The molecule has 0 bridgehead atoms. The van der Waals surface area contributed by atoms with E-state index < -0.39 is 0 Å². The van der Waals surface area contributed by atoms with Crippen molar-refractivity contribution >= 4 is 27.2 Å². The lowest BCUT2D eigenvalue weighted by Crippen LogP contribution is -2.25. The lowest BCUT2D eigenvalue weighted by atomic mass is 10.1. The highest BCUT2D eigenvalue weighted by Gasteiger charge is 2.15. The third-order valence-corrected chi connectivity index (χ3v) is 4.88. The third kappa shape index (κ3) is 2.98. The molecule has 1 aromatic carbocycles. The van der Waals surface area contributed by atoms with E-state index in [1.165, 1.54) is 15.6 Å². The van der Waals surface area contributed by atoms with Crippen LogP contribution in [0.2, 0.25) is 0 Å². The van der Waals surface area contributed by atoms with E-state index in [4.69, 9.17) is 0 Å². The second-order valence-corrected chi connectivity index (χ2v) is 6.75. The van der Waals surface area contributed by atoms with Crippen LogP contribution < -0.4 is 0 Å². The summed E-state index contributed by atoms with van der Waals surface area (Å²) in [4.78, 5) is 17.7. The van der Waals surface area contributed by atoms with Crippen molar-refractivity contribution in [2.75, 3.05) is 13.6 Å². The summed E-state index contributed by atoms with van der Waals surface area (Å²) in [5.74, 6) is 0.170. The highest BCUT2D eigenvalue weighted by atomic mass is 32.1. The number of hydrogen-bond donors (Lipinski definition) is 1. The van der Waals surface area contributed by atoms with Crippen LogP contribution in [0.4, 0.5) is 0 Å². The molecule has 0 fully saturated rings. The number of rotatable bonds is 5. The van der Waals surface area contributed by atoms with E-state index in [9.17, 15) is 4.79 Å². The van der Waals surface area contributed by atoms with Gasteiger partial charge in [0.25, 0.3) is 0 Å². The number of aryl methyl sites for hydroxylation is 2. The molecule has 0 aliphatic carbocycles. The zero-order valence-corrected chi connectivity index (χ0v) is 14.0. The fraction of sp³-hybridized carbons (Fsp3) is 0.278. The molecule has 0 spiro atoms. The van der Waals surface area contributed by atoms with Crippen LogP contribution >= 0.6 is 11.3 Å². The van der Waals surface area contributed by atoms with Gasteiger partial charge < -0.3 is 4.98 Å². The molecule has 0 aliphatic heterocycles. The smallest absolute Gasteiger partial charge is 0.178 e. The quantitative estimate of drug-likeness (QED) is 0.718. The number of nitrogens with zero attached hydrogens (tertiary/aromatic N) is 1. The monoisotopic (exact) mass is 312 g/mol. The van der Waals surface area contributed by atoms with Gasteiger partial charge in [0, 0.05) is 28.2 Å². The topological polar surface area (TPSA) is 36.1 Å². The van der Waals surface area contributed by atoms with Crippen molar-refractivity contribution in [2.45, 2.75) is 20.4 Å². The zero-order chi connectivity index (χ0) is 15.7. The molecule has 3 rings (SSSR count). The molecule has 4 heteroatoms. The predicted octanol–water partition coefficient (Wildman–Crippen LogP) is 4.16. The van der Waals surface area contributed by atoms with Crippen molar-refractivity contribution < 1.29 is 4.79 Å². The van der Waals surface area contributed by atoms with Crippen molar-refractivity contribution in [1.29, 1.82) is 0 Å². The number of hydrogen-bond acceptors (Lipinski definition) is 3. The van der Waals surface area contributed by atoms with Crippen LogP contribution in [-0.4, -0.2) is 29.3 Å². The molecule has 114 valence electrons. The third-order valence-electron chi connectivity index (χ3n) is 3.86. The molecule has 22 heavy (non-hydrogen) atoms. The number of nitrogens with one attached hydrogen (secondary N) is 1. The number of likely N-dealkylation sites (N-methyl/N-ethyl adjacent to an activating group) is 1. The second-order valence-electron chi connectivity index (χ2n) is 5.84. The molecule has 0 radical (unpaired) electrons. The van der Waals surface area contributed by atoms with Crippen molar-refractivity contribution in [3.05, 3.63) is 58.2 Å². The number of aromatic nitrogens is 1. The molecular weight excluding hydrogens is 292 g/mol. The summed E-state index contributed by atoms with van der Waals surface area (Å²) in [5.41, 5.74) is 4.08.